The number of carbonyl (C=O) groups is 1. The minimum Gasteiger partial charge on any atom is -0.299 e. The Morgan fingerprint density at radius 2 is 2.00 bits per heavy atom. The molecule has 0 saturated heterocycles. The minimum atomic E-state index is 0.334. The van der Waals surface area contributed by atoms with E-state index >= 15 is 0 Å². The van der Waals surface area contributed by atoms with Crippen molar-refractivity contribution in [2.24, 2.45) is 17.8 Å². The summed E-state index contributed by atoms with van der Waals surface area (Å²) in [5.74, 6) is 2.52. The molecule has 92 valence electrons. The third kappa shape index (κ3) is 1.77. The van der Waals surface area contributed by atoms with Crippen molar-refractivity contribution < 1.29 is 4.79 Å². The second kappa shape index (κ2) is 3.89. The predicted octanol–water partition coefficient (Wildman–Crippen LogP) is 3.45. The van der Waals surface area contributed by atoms with E-state index in [1.54, 1.807) is 11.3 Å². The number of para-hydroxylation sites is 1. The van der Waals surface area contributed by atoms with E-state index in [0.717, 1.165) is 35.2 Å². The molecule has 0 bridgehead atoms. The number of hydrogen-bond donors (Lipinski definition) is 0. The fourth-order valence-corrected chi connectivity index (χ4v) is 4.24. The van der Waals surface area contributed by atoms with Crippen molar-refractivity contribution >= 4 is 27.3 Å². The van der Waals surface area contributed by atoms with Gasteiger partial charge in [-0.3, -0.25) is 4.79 Å². The van der Waals surface area contributed by atoms with E-state index in [-0.39, 0.29) is 0 Å². The largest absolute Gasteiger partial charge is 0.299 e. The van der Waals surface area contributed by atoms with Gasteiger partial charge in [-0.2, -0.15) is 0 Å². The fourth-order valence-electron chi connectivity index (χ4n) is 3.27. The number of rotatable bonds is 3. The van der Waals surface area contributed by atoms with Crippen molar-refractivity contribution in [1.29, 1.82) is 0 Å². The Balaban J connectivity index is 1.51. The topological polar surface area (TPSA) is 30.0 Å². The Morgan fingerprint density at radius 3 is 2.78 bits per heavy atom. The van der Waals surface area contributed by atoms with Gasteiger partial charge in [-0.05, 0) is 43.2 Å². The average Bonchev–Trinajstić information content (AvgIpc) is 2.83. The summed E-state index contributed by atoms with van der Waals surface area (Å²) in [5.41, 5.74) is 1.03. The summed E-state index contributed by atoms with van der Waals surface area (Å²) in [6.45, 7) is 0. The van der Waals surface area contributed by atoms with Crippen molar-refractivity contribution in [3.63, 3.8) is 0 Å². The quantitative estimate of drug-likeness (QED) is 0.843. The highest BCUT2D eigenvalue weighted by Crippen LogP contribution is 2.54. The van der Waals surface area contributed by atoms with Gasteiger partial charge >= 0.3 is 0 Å². The van der Waals surface area contributed by atoms with Gasteiger partial charge in [0, 0.05) is 5.92 Å². The molecule has 1 aromatic heterocycles. The van der Waals surface area contributed by atoms with Crippen molar-refractivity contribution in [2.75, 3.05) is 0 Å². The molecule has 2 unspecified atom stereocenters. The lowest BCUT2D eigenvalue weighted by Crippen LogP contribution is -2.15. The fraction of sp³-hybridized carbons (Fsp3) is 0.467. The van der Waals surface area contributed by atoms with Crippen LogP contribution < -0.4 is 0 Å². The number of aromatic nitrogens is 1. The second-order valence-corrected chi connectivity index (χ2v) is 6.76. The third-order valence-corrected chi connectivity index (χ3v) is 5.40. The zero-order chi connectivity index (χ0) is 12.1. The summed E-state index contributed by atoms with van der Waals surface area (Å²) < 4.78 is 1.19. The standard InChI is InChI=1S/C15H15NOS/c17-13(11-6-9-5-10(9)7-11)8-15-16-12-3-1-2-4-14(12)18-15/h1-4,9-11H,5-8H2. The van der Waals surface area contributed by atoms with Crippen LogP contribution in [0.3, 0.4) is 0 Å². The number of hydrogen-bond acceptors (Lipinski definition) is 3. The van der Waals surface area contributed by atoms with Crippen LogP contribution in [-0.2, 0) is 11.2 Å². The summed E-state index contributed by atoms with van der Waals surface area (Å²) in [5, 5.41) is 0.988. The summed E-state index contributed by atoms with van der Waals surface area (Å²) in [6, 6.07) is 8.12. The Morgan fingerprint density at radius 1 is 1.22 bits per heavy atom. The first-order chi connectivity index (χ1) is 8.79. The van der Waals surface area contributed by atoms with E-state index in [2.05, 4.69) is 11.1 Å². The number of fused-ring (bicyclic) bond motifs is 2. The van der Waals surface area contributed by atoms with Crippen LogP contribution in [0.25, 0.3) is 10.2 Å². The lowest BCUT2D eigenvalue weighted by Gasteiger charge is -2.08. The maximum Gasteiger partial charge on any atom is 0.142 e. The SMILES string of the molecule is O=C(Cc1nc2ccccc2s1)C1CC2CC2C1. The van der Waals surface area contributed by atoms with Crippen LogP contribution in [0.15, 0.2) is 24.3 Å². The molecule has 2 nitrogen and oxygen atoms in total. The van der Waals surface area contributed by atoms with Gasteiger partial charge in [0.05, 0.1) is 16.6 Å². The summed E-state index contributed by atoms with van der Waals surface area (Å²) in [7, 11) is 0. The summed E-state index contributed by atoms with van der Waals surface area (Å²) >= 11 is 1.66. The molecule has 2 aromatic rings. The van der Waals surface area contributed by atoms with E-state index in [4.69, 9.17) is 0 Å². The first kappa shape index (κ1) is 10.7. The molecule has 0 spiro atoms. The Labute approximate surface area is 110 Å². The molecule has 0 N–H and O–H groups in total. The van der Waals surface area contributed by atoms with Crippen LogP contribution in [0.2, 0.25) is 0 Å². The number of benzene rings is 1. The number of Topliss-reactive ketones (excluding diaryl/α,β-unsaturated/α-hetero) is 1. The first-order valence-electron chi connectivity index (χ1n) is 6.67. The van der Waals surface area contributed by atoms with Gasteiger partial charge in [-0.25, -0.2) is 4.98 Å². The molecule has 18 heavy (non-hydrogen) atoms. The predicted molar refractivity (Wildman–Crippen MR) is 72.7 cm³/mol. The molecule has 4 rings (SSSR count). The lowest BCUT2D eigenvalue weighted by atomic mass is 9.96. The highest BCUT2D eigenvalue weighted by Gasteiger charge is 2.47. The van der Waals surface area contributed by atoms with Gasteiger partial charge in [-0.15, -0.1) is 11.3 Å². The number of ketones is 1. The van der Waals surface area contributed by atoms with Crippen LogP contribution in [0, 0.1) is 17.8 Å². The Kier molecular flexibility index (Phi) is 2.31. The van der Waals surface area contributed by atoms with Crippen molar-refractivity contribution in [3.8, 4) is 0 Å². The third-order valence-electron chi connectivity index (χ3n) is 4.36. The van der Waals surface area contributed by atoms with E-state index in [1.807, 2.05) is 18.2 Å². The first-order valence-corrected chi connectivity index (χ1v) is 7.48. The lowest BCUT2D eigenvalue weighted by molar-refractivity contribution is -0.122. The zero-order valence-electron chi connectivity index (χ0n) is 10.1. The number of carbonyl (C=O) groups excluding carboxylic acids is 1. The van der Waals surface area contributed by atoms with Crippen molar-refractivity contribution in [1.82, 2.24) is 4.98 Å². The normalized spacial score (nSPS) is 29.4. The van der Waals surface area contributed by atoms with Crippen molar-refractivity contribution in [2.45, 2.75) is 25.7 Å². The number of nitrogens with zero attached hydrogens (tertiary/aromatic N) is 1. The van der Waals surface area contributed by atoms with Gasteiger partial charge in [0.2, 0.25) is 0 Å². The van der Waals surface area contributed by atoms with Gasteiger partial charge in [0.1, 0.15) is 10.8 Å². The van der Waals surface area contributed by atoms with E-state index in [1.165, 1.54) is 11.1 Å². The van der Waals surface area contributed by atoms with Gasteiger partial charge in [0.15, 0.2) is 0 Å². The van der Waals surface area contributed by atoms with Crippen LogP contribution in [0.5, 0.6) is 0 Å². The molecule has 0 aliphatic heterocycles. The second-order valence-electron chi connectivity index (χ2n) is 5.64. The minimum absolute atomic E-state index is 0.334. The van der Waals surface area contributed by atoms with Crippen LogP contribution in [-0.4, -0.2) is 10.8 Å². The Bertz CT molecular complexity index is 575. The molecular weight excluding hydrogens is 242 g/mol. The molecule has 1 heterocycles. The van der Waals surface area contributed by atoms with Crippen LogP contribution in [0.4, 0.5) is 0 Å². The molecule has 1 aromatic carbocycles. The highest BCUT2D eigenvalue weighted by molar-refractivity contribution is 7.18. The maximum absolute atomic E-state index is 12.2. The van der Waals surface area contributed by atoms with Crippen LogP contribution in [0.1, 0.15) is 24.3 Å². The monoisotopic (exact) mass is 257 g/mol. The molecule has 0 amide bonds. The summed E-state index contributed by atoms with van der Waals surface area (Å²) in [6.07, 6.45) is 4.22. The molecule has 2 aliphatic carbocycles. The molecular formula is C15H15NOS. The van der Waals surface area contributed by atoms with E-state index in [9.17, 15) is 4.79 Å². The smallest absolute Gasteiger partial charge is 0.142 e. The number of thiazole rings is 1. The van der Waals surface area contributed by atoms with E-state index < -0.39 is 0 Å². The molecule has 3 heteroatoms. The highest BCUT2D eigenvalue weighted by atomic mass is 32.1. The van der Waals surface area contributed by atoms with Gasteiger partial charge in [0.25, 0.3) is 0 Å². The van der Waals surface area contributed by atoms with Crippen LogP contribution >= 0.6 is 11.3 Å². The van der Waals surface area contributed by atoms with Crippen molar-refractivity contribution in [3.05, 3.63) is 29.3 Å². The average molecular weight is 257 g/mol. The molecule has 2 atom stereocenters. The van der Waals surface area contributed by atoms with Gasteiger partial charge < -0.3 is 0 Å². The van der Waals surface area contributed by atoms with E-state index in [0.29, 0.717) is 18.1 Å². The Hall–Kier alpha value is -1.22. The molecule has 2 saturated carbocycles. The summed E-state index contributed by atoms with van der Waals surface area (Å²) in [4.78, 5) is 16.8. The molecule has 2 fully saturated rings. The molecule has 0 radical (unpaired) electrons. The molecule has 2 aliphatic rings. The maximum atomic E-state index is 12.2. The van der Waals surface area contributed by atoms with Gasteiger partial charge in [-0.1, -0.05) is 12.1 Å². The zero-order valence-corrected chi connectivity index (χ0v) is 11.0.